The van der Waals surface area contributed by atoms with Crippen molar-refractivity contribution in [3.8, 4) is 0 Å². The second kappa shape index (κ2) is 7.82. The van der Waals surface area contributed by atoms with Crippen molar-refractivity contribution in [1.29, 1.82) is 0 Å². The molecule has 2 fully saturated rings. The first-order valence-electron chi connectivity index (χ1n) is 11.3. The number of carbonyl (C=O) groups is 1. The summed E-state index contributed by atoms with van der Waals surface area (Å²) in [5.74, 6) is 1.16. The van der Waals surface area contributed by atoms with Crippen LogP contribution in [0.25, 0.3) is 0 Å². The van der Waals surface area contributed by atoms with Gasteiger partial charge in [0.2, 0.25) is 0 Å². The second-order valence-corrected chi connectivity index (χ2v) is 9.23. The summed E-state index contributed by atoms with van der Waals surface area (Å²) in [6.45, 7) is 9.51. The van der Waals surface area contributed by atoms with Crippen LogP contribution in [0, 0.1) is 13.8 Å². The molecule has 1 aromatic heterocycles. The molecule has 0 N–H and O–H groups in total. The lowest BCUT2D eigenvalue weighted by Gasteiger charge is -2.46. The number of aromatic nitrogens is 2. The molecular weight excluding hydrogens is 376 g/mol. The third kappa shape index (κ3) is 3.56. The van der Waals surface area contributed by atoms with E-state index in [9.17, 15) is 4.79 Å². The van der Waals surface area contributed by atoms with E-state index >= 15 is 0 Å². The van der Waals surface area contributed by atoms with Gasteiger partial charge in [-0.3, -0.25) is 9.69 Å². The molecule has 5 rings (SSSR count). The van der Waals surface area contributed by atoms with E-state index in [4.69, 9.17) is 4.74 Å². The van der Waals surface area contributed by atoms with Gasteiger partial charge in [0.25, 0.3) is 5.91 Å². The van der Waals surface area contributed by atoms with Crippen molar-refractivity contribution in [1.82, 2.24) is 19.4 Å². The molecule has 4 heterocycles. The fraction of sp³-hybridized carbons (Fsp3) is 0.583. The number of amides is 1. The maximum Gasteiger partial charge on any atom is 0.253 e. The number of aryl methyl sites for hydroxylation is 2. The van der Waals surface area contributed by atoms with Crippen LogP contribution in [0.4, 0.5) is 0 Å². The first-order valence-corrected chi connectivity index (χ1v) is 11.3. The van der Waals surface area contributed by atoms with Crippen LogP contribution in [0.5, 0.6) is 0 Å². The Bertz CT molecular complexity index is 923. The molecule has 0 radical (unpaired) electrons. The molecule has 0 bridgehead atoms. The van der Waals surface area contributed by atoms with E-state index in [1.54, 1.807) is 0 Å². The Hall–Kier alpha value is -2.18. The van der Waals surface area contributed by atoms with Gasteiger partial charge in [-0.1, -0.05) is 18.2 Å². The monoisotopic (exact) mass is 408 g/mol. The van der Waals surface area contributed by atoms with Gasteiger partial charge in [-0.2, -0.15) is 0 Å². The van der Waals surface area contributed by atoms with Crippen molar-refractivity contribution >= 4 is 5.91 Å². The van der Waals surface area contributed by atoms with Crippen LogP contribution >= 0.6 is 0 Å². The molecule has 1 unspecified atom stereocenters. The Morgan fingerprint density at radius 2 is 1.90 bits per heavy atom. The molecule has 1 amide bonds. The minimum absolute atomic E-state index is 0.156. The van der Waals surface area contributed by atoms with E-state index < -0.39 is 11.7 Å². The third-order valence-corrected chi connectivity index (χ3v) is 7.19. The average Bonchev–Trinajstić information content (AvgIpc) is 3.44. The lowest BCUT2D eigenvalue weighted by atomic mass is 9.88. The van der Waals surface area contributed by atoms with Gasteiger partial charge in [0.05, 0.1) is 6.54 Å². The SMILES string of the molecule is Cc1ccc(CN2CCC3(CC2)OC(C(=O)N2CCCC2)Cn2ccnc23)cc1C. The van der Waals surface area contributed by atoms with Crippen LogP contribution < -0.4 is 0 Å². The number of piperidine rings is 1. The summed E-state index contributed by atoms with van der Waals surface area (Å²) < 4.78 is 8.76. The molecule has 3 aliphatic rings. The number of hydrogen-bond acceptors (Lipinski definition) is 4. The normalized spacial score (nSPS) is 23.7. The summed E-state index contributed by atoms with van der Waals surface area (Å²) in [7, 11) is 0. The smallest absolute Gasteiger partial charge is 0.253 e. The van der Waals surface area contributed by atoms with Crippen molar-refractivity contribution in [2.45, 2.75) is 64.3 Å². The lowest BCUT2D eigenvalue weighted by Crippen LogP contribution is -2.54. The van der Waals surface area contributed by atoms with Crippen LogP contribution in [0.1, 0.15) is 48.2 Å². The van der Waals surface area contributed by atoms with E-state index in [-0.39, 0.29) is 5.91 Å². The Kier molecular flexibility index (Phi) is 5.15. The molecule has 6 nitrogen and oxygen atoms in total. The quantitative estimate of drug-likeness (QED) is 0.783. The zero-order valence-electron chi connectivity index (χ0n) is 18.1. The summed E-state index contributed by atoms with van der Waals surface area (Å²) in [5, 5.41) is 0. The number of rotatable bonds is 3. The maximum absolute atomic E-state index is 13.1. The van der Waals surface area contributed by atoms with E-state index in [0.29, 0.717) is 6.54 Å². The number of imidazole rings is 1. The van der Waals surface area contributed by atoms with Crippen molar-refractivity contribution in [3.05, 3.63) is 53.1 Å². The highest BCUT2D eigenvalue weighted by Crippen LogP contribution is 2.40. The largest absolute Gasteiger partial charge is 0.352 e. The van der Waals surface area contributed by atoms with Crippen molar-refractivity contribution < 1.29 is 9.53 Å². The van der Waals surface area contributed by atoms with Gasteiger partial charge >= 0.3 is 0 Å². The summed E-state index contributed by atoms with van der Waals surface area (Å²) in [6.07, 6.45) is 7.42. The second-order valence-electron chi connectivity index (χ2n) is 9.23. The summed E-state index contributed by atoms with van der Waals surface area (Å²) in [6, 6.07) is 6.75. The first-order chi connectivity index (χ1) is 14.5. The predicted octanol–water partition coefficient (Wildman–Crippen LogP) is 3.01. The van der Waals surface area contributed by atoms with E-state index in [2.05, 4.69) is 46.5 Å². The number of nitrogens with zero attached hydrogens (tertiary/aromatic N) is 4. The Morgan fingerprint density at radius 3 is 2.63 bits per heavy atom. The summed E-state index contributed by atoms with van der Waals surface area (Å²) >= 11 is 0. The molecule has 1 spiro atoms. The fourth-order valence-electron chi connectivity index (χ4n) is 5.24. The molecule has 0 saturated carbocycles. The number of benzene rings is 1. The lowest BCUT2D eigenvalue weighted by molar-refractivity contribution is -0.180. The van der Waals surface area contributed by atoms with Gasteiger partial charge in [0, 0.05) is 45.1 Å². The van der Waals surface area contributed by atoms with Gasteiger partial charge in [0.1, 0.15) is 11.4 Å². The van der Waals surface area contributed by atoms with Crippen molar-refractivity contribution in [2.24, 2.45) is 0 Å². The Balaban J connectivity index is 1.30. The van der Waals surface area contributed by atoms with Gasteiger partial charge < -0.3 is 14.2 Å². The van der Waals surface area contributed by atoms with Crippen LogP contribution in [-0.4, -0.2) is 57.5 Å². The Morgan fingerprint density at radius 1 is 1.13 bits per heavy atom. The van der Waals surface area contributed by atoms with Gasteiger partial charge in [-0.15, -0.1) is 0 Å². The molecular formula is C24H32N4O2. The number of hydrogen-bond donors (Lipinski definition) is 0. The molecule has 30 heavy (non-hydrogen) atoms. The highest BCUT2D eigenvalue weighted by atomic mass is 16.5. The highest BCUT2D eigenvalue weighted by molar-refractivity contribution is 5.81. The first kappa shape index (κ1) is 19.8. The van der Waals surface area contributed by atoms with Crippen LogP contribution in [0.3, 0.4) is 0 Å². The number of fused-ring (bicyclic) bond motifs is 2. The van der Waals surface area contributed by atoms with Crippen molar-refractivity contribution in [3.63, 3.8) is 0 Å². The molecule has 1 atom stereocenters. The minimum atomic E-state index is -0.443. The molecule has 2 aromatic rings. The number of ether oxygens (including phenoxy) is 1. The molecule has 1 aromatic carbocycles. The average molecular weight is 409 g/mol. The maximum atomic E-state index is 13.1. The number of carbonyl (C=O) groups excluding carboxylic acids is 1. The van der Waals surface area contributed by atoms with Crippen LogP contribution in [-0.2, 0) is 28.2 Å². The zero-order valence-corrected chi connectivity index (χ0v) is 18.1. The molecule has 160 valence electrons. The molecule has 0 aliphatic carbocycles. The number of likely N-dealkylation sites (tertiary alicyclic amines) is 2. The summed E-state index contributed by atoms with van der Waals surface area (Å²) in [5.41, 5.74) is 3.61. The topological polar surface area (TPSA) is 50.6 Å². The standard InChI is InChI=1S/C24H32N4O2/c1-18-5-6-20(15-19(18)2)16-26-12-7-24(8-13-26)23-25-9-14-28(23)17-21(30-24)22(29)27-10-3-4-11-27/h5-6,9,14-15,21H,3-4,7-8,10-13,16-17H2,1-2H3. The fourth-order valence-corrected chi connectivity index (χ4v) is 5.24. The van der Waals surface area contributed by atoms with E-state index in [1.807, 2.05) is 17.3 Å². The minimum Gasteiger partial charge on any atom is -0.352 e. The summed E-state index contributed by atoms with van der Waals surface area (Å²) in [4.78, 5) is 22.2. The molecule has 3 aliphatic heterocycles. The Labute approximate surface area is 178 Å². The van der Waals surface area contributed by atoms with E-state index in [1.165, 1.54) is 16.7 Å². The van der Waals surface area contributed by atoms with Gasteiger partial charge in [-0.25, -0.2) is 4.98 Å². The predicted molar refractivity (Wildman–Crippen MR) is 115 cm³/mol. The van der Waals surface area contributed by atoms with Crippen molar-refractivity contribution in [2.75, 3.05) is 26.2 Å². The van der Waals surface area contributed by atoms with E-state index in [0.717, 1.165) is 64.2 Å². The molecule has 6 heteroatoms. The van der Waals surface area contributed by atoms with Gasteiger partial charge in [-0.05, 0) is 56.2 Å². The zero-order chi connectivity index (χ0) is 20.7. The highest BCUT2D eigenvalue weighted by Gasteiger charge is 2.47. The third-order valence-electron chi connectivity index (χ3n) is 7.19. The molecule has 2 saturated heterocycles. The van der Waals surface area contributed by atoms with Gasteiger partial charge in [0.15, 0.2) is 6.10 Å². The van der Waals surface area contributed by atoms with Crippen LogP contribution in [0.15, 0.2) is 30.6 Å². The van der Waals surface area contributed by atoms with Crippen LogP contribution in [0.2, 0.25) is 0 Å².